The second-order valence-electron chi connectivity index (χ2n) is 11.5. The summed E-state index contributed by atoms with van der Waals surface area (Å²) in [4.78, 5) is 58.1. The molecule has 1 heterocycles. The van der Waals surface area contributed by atoms with Gasteiger partial charge in [0.15, 0.2) is 12.1 Å². The number of nitrogens with zero attached hydrogens (tertiary/aromatic N) is 2. The van der Waals surface area contributed by atoms with Crippen molar-refractivity contribution in [1.29, 1.82) is 0 Å². The van der Waals surface area contributed by atoms with Crippen molar-refractivity contribution in [2.45, 2.75) is 71.5 Å². The number of hydrazine groups is 1. The molecule has 2 atom stereocenters. The van der Waals surface area contributed by atoms with Gasteiger partial charge in [0, 0.05) is 44.0 Å². The van der Waals surface area contributed by atoms with E-state index in [4.69, 9.17) is 28.4 Å². The first-order valence-corrected chi connectivity index (χ1v) is 16.8. The van der Waals surface area contributed by atoms with Crippen LogP contribution in [0.3, 0.4) is 0 Å². The third kappa shape index (κ3) is 7.36. The summed E-state index contributed by atoms with van der Waals surface area (Å²) in [7, 11) is 0. The highest BCUT2D eigenvalue weighted by Crippen LogP contribution is 2.54. The molecule has 0 saturated carbocycles. The van der Waals surface area contributed by atoms with E-state index in [9.17, 15) is 19.2 Å². The van der Waals surface area contributed by atoms with Crippen molar-refractivity contribution in [3.63, 3.8) is 0 Å². The first-order chi connectivity index (χ1) is 24.3. The maximum Gasteiger partial charge on any atom is 0.429 e. The average Bonchev–Trinajstić information content (AvgIpc) is 3.39. The first kappa shape index (κ1) is 36.5. The fourth-order valence-corrected chi connectivity index (χ4v) is 6.36. The third-order valence-electron chi connectivity index (χ3n) is 8.44. The highest BCUT2D eigenvalue weighted by Gasteiger charge is 2.65. The predicted molar refractivity (Wildman–Crippen MR) is 181 cm³/mol. The van der Waals surface area contributed by atoms with E-state index in [1.165, 1.54) is 4.90 Å². The summed E-state index contributed by atoms with van der Waals surface area (Å²) in [5, 5.41) is 0.795. The Morgan fingerprint density at radius 1 is 0.780 bits per heavy atom. The maximum absolute atomic E-state index is 15.0. The number of carbonyl (C=O) groups is 4. The number of Topliss-reactive ketones (excluding diaryl/α,β-unsaturated/α-hetero) is 1. The van der Waals surface area contributed by atoms with Crippen LogP contribution in [0.15, 0.2) is 78.9 Å². The number of ketones is 1. The molecule has 0 bridgehead atoms. The molecule has 5 rings (SSSR count). The van der Waals surface area contributed by atoms with Crippen molar-refractivity contribution in [2.75, 3.05) is 31.3 Å². The van der Waals surface area contributed by atoms with E-state index in [1.54, 1.807) is 94.4 Å². The number of benzene rings is 3. The Morgan fingerprint density at radius 2 is 1.34 bits per heavy atom. The van der Waals surface area contributed by atoms with Gasteiger partial charge in [0.1, 0.15) is 24.7 Å². The van der Waals surface area contributed by atoms with Crippen molar-refractivity contribution in [3.8, 4) is 0 Å². The Kier molecular flexibility index (Phi) is 12.2. The van der Waals surface area contributed by atoms with Gasteiger partial charge < -0.3 is 28.4 Å². The smallest absolute Gasteiger partial charge is 0.429 e. The summed E-state index contributed by atoms with van der Waals surface area (Å²) < 4.78 is 35.0. The topological polar surface area (TPSA) is 142 Å². The molecule has 2 aliphatic rings. The van der Waals surface area contributed by atoms with Gasteiger partial charge in [0.25, 0.3) is 0 Å². The normalized spacial score (nSPS) is 18.0. The first-order valence-electron chi connectivity index (χ1n) is 16.8. The molecular formula is C37H43N3O10. The molecule has 3 aromatic carbocycles. The lowest BCUT2D eigenvalue weighted by Gasteiger charge is -2.43. The van der Waals surface area contributed by atoms with Crippen LogP contribution in [-0.2, 0) is 51.8 Å². The molecule has 13 nitrogen and oxygen atoms in total. The molecule has 50 heavy (non-hydrogen) atoms. The molecule has 3 amide bonds. The van der Waals surface area contributed by atoms with Gasteiger partial charge in [-0.05, 0) is 44.9 Å². The Balaban J connectivity index is 1.58. The Morgan fingerprint density at radius 3 is 1.90 bits per heavy atom. The third-order valence-corrected chi connectivity index (χ3v) is 8.44. The zero-order chi connectivity index (χ0) is 35.7. The number of rotatable bonds is 15. The minimum Gasteiger partial charge on any atom is -0.443 e. The van der Waals surface area contributed by atoms with Crippen LogP contribution in [0.4, 0.5) is 15.3 Å². The van der Waals surface area contributed by atoms with Gasteiger partial charge in [-0.3, -0.25) is 14.5 Å². The minimum atomic E-state index is -1.67. The fraction of sp³-hybridized carbons (Fsp3) is 0.405. The number of hydrogen-bond acceptors (Lipinski definition) is 10. The molecule has 0 fully saturated rings. The average molecular weight is 690 g/mol. The van der Waals surface area contributed by atoms with Crippen LogP contribution in [0.5, 0.6) is 0 Å². The lowest BCUT2D eigenvalue weighted by Crippen LogP contribution is -2.63. The summed E-state index contributed by atoms with van der Waals surface area (Å²) in [6.07, 6.45) is -4.69. The molecule has 0 aromatic heterocycles. The van der Waals surface area contributed by atoms with Crippen LogP contribution < -0.4 is 10.3 Å². The summed E-state index contributed by atoms with van der Waals surface area (Å²) in [6.45, 7) is 7.63. The summed E-state index contributed by atoms with van der Waals surface area (Å²) >= 11 is 0. The molecule has 1 N–H and O–H groups in total. The number of carbonyl (C=O) groups excluding carboxylic acids is 4. The van der Waals surface area contributed by atoms with Gasteiger partial charge in [0.2, 0.25) is 12.3 Å². The Labute approximate surface area is 291 Å². The van der Waals surface area contributed by atoms with Gasteiger partial charge in [-0.15, -0.1) is 0 Å². The largest absolute Gasteiger partial charge is 0.443 e. The van der Waals surface area contributed by atoms with Gasteiger partial charge in [-0.2, -0.15) is 0 Å². The van der Waals surface area contributed by atoms with Crippen LogP contribution in [0.25, 0.3) is 0 Å². The van der Waals surface area contributed by atoms with E-state index < -0.39 is 48.0 Å². The predicted octanol–water partition coefficient (Wildman–Crippen LogP) is 5.46. The molecule has 266 valence electrons. The number of hydrogen-bond donors (Lipinski definition) is 1. The second-order valence-corrected chi connectivity index (χ2v) is 11.5. The Bertz CT molecular complexity index is 1630. The van der Waals surface area contributed by atoms with Crippen LogP contribution in [0.1, 0.15) is 61.2 Å². The molecule has 0 spiro atoms. The number of amides is 3. The second kappa shape index (κ2) is 16.7. The molecule has 1 aliphatic carbocycles. The van der Waals surface area contributed by atoms with Crippen LogP contribution in [0.2, 0.25) is 0 Å². The lowest BCUT2D eigenvalue weighted by molar-refractivity contribution is -0.190. The van der Waals surface area contributed by atoms with Gasteiger partial charge in [-0.1, -0.05) is 72.8 Å². The SMILES string of the molecule is CCOC(OCC)N1C(=O)[C@]2(C(OCC)OCC)C[C@H](N(NC(=O)OCc3ccccc3)C(=O)OCc3ccccc3)C(=O)c3cccc1c32. The van der Waals surface area contributed by atoms with Crippen molar-refractivity contribution in [1.82, 2.24) is 10.4 Å². The van der Waals surface area contributed by atoms with E-state index >= 15 is 0 Å². The molecule has 3 aromatic rings. The number of nitrogens with one attached hydrogen (secondary N) is 1. The van der Waals surface area contributed by atoms with Crippen molar-refractivity contribution in [2.24, 2.45) is 0 Å². The monoisotopic (exact) mass is 689 g/mol. The van der Waals surface area contributed by atoms with E-state index in [-0.39, 0.29) is 51.6 Å². The standard InChI is InChI=1S/C37H43N3O10/c1-5-45-33(46-6-2)37-22-29(31(41)27-20-15-21-28(30(27)37)39(32(37)42)36(47-7-3)48-8-4)40(35(44)50-24-26-18-13-10-14-19-26)38-34(43)49-23-25-16-11-9-12-17-25/h9-21,29,33,36H,5-8,22-24H2,1-4H3,(H,38,43)/t29-,37-/m0/s1. The van der Waals surface area contributed by atoms with Crippen molar-refractivity contribution < 1.29 is 47.6 Å². The van der Waals surface area contributed by atoms with E-state index in [2.05, 4.69) is 5.43 Å². The molecule has 0 radical (unpaired) electrons. The minimum absolute atomic E-state index is 0.102. The summed E-state index contributed by atoms with van der Waals surface area (Å²) in [5.41, 5.74) is 3.07. The molecule has 13 heteroatoms. The number of anilines is 1. The summed E-state index contributed by atoms with van der Waals surface area (Å²) in [6, 6.07) is 21.4. The molecule has 0 saturated heterocycles. The van der Waals surface area contributed by atoms with Crippen molar-refractivity contribution in [3.05, 3.63) is 101 Å². The van der Waals surface area contributed by atoms with Crippen LogP contribution >= 0.6 is 0 Å². The lowest BCUT2D eigenvalue weighted by atomic mass is 9.67. The van der Waals surface area contributed by atoms with E-state index in [1.807, 2.05) is 12.1 Å². The van der Waals surface area contributed by atoms with E-state index in [0.29, 0.717) is 22.4 Å². The number of ether oxygens (including phenoxy) is 6. The zero-order valence-electron chi connectivity index (χ0n) is 28.7. The highest BCUT2D eigenvalue weighted by molar-refractivity contribution is 6.16. The van der Waals surface area contributed by atoms with Crippen molar-refractivity contribution >= 4 is 29.6 Å². The highest BCUT2D eigenvalue weighted by atomic mass is 16.7. The quantitative estimate of drug-likeness (QED) is 0.161. The van der Waals surface area contributed by atoms with E-state index in [0.717, 1.165) is 5.01 Å². The summed E-state index contributed by atoms with van der Waals surface area (Å²) in [5.74, 6) is -1.05. The maximum atomic E-state index is 15.0. The fourth-order valence-electron chi connectivity index (χ4n) is 6.36. The zero-order valence-corrected chi connectivity index (χ0v) is 28.7. The van der Waals surface area contributed by atoms with Gasteiger partial charge in [-0.25, -0.2) is 20.0 Å². The van der Waals surface area contributed by atoms with Crippen LogP contribution in [0, 0.1) is 0 Å². The van der Waals surface area contributed by atoms with Gasteiger partial charge in [0.05, 0.1) is 5.69 Å². The van der Waals surface area contributed by atoms with Gasteiger partial charge >= 0.3 is 12.2 Å². The molecule has 1 aliphatic heterocycles. The Hall–Kier alpha value is -4.82. The van der Waals surface area contributed by atoms with Crippen LogP contribution in [-0.4, -0.2) is 74.1 Å². The molecule has 0 unspecified atom stereocenters. The molecular weight excluding hydrogens is 646 g/mol.